The summed E-state index contributed by atoms with van der Waals surface area (Å²) in [5.74, 6) is 2.39. The van der Waals surface area contributed by atoms with E-state index in [1.807, 2.05) is 0 Å². The maximum Gasteiger partial charge on any atom is 0.209 e. The van der Waals surface area contributed by atoms with Gasteiger partial charge in [-0.3, -0.25) is 0 Å². The van der Waals surface area contributed by atoms with Gasteiger partial charge in [-0.1, -0.05) is 20.3 Å². The Labute approximate surface area is 77.9 Å². The van der Waals surface area contributed by atoms with E-state index in [2.05, 4.69) is 18.8 Å². The molecule has 0 aliphatic carbocycles. The molecule has 0 saturated heterocycles. The molecule has 1 heterocycles. The fourth-order valence-corrected chi connectivity index (χ4v) is 1.31. The lowest BCUT2D eigenvalue weighted by Crippen LogP contribution is -1.89. The summed E-state index contributed by atoms with van der Waals surface area (Å²) in [4.78, 5) is 4.04. The van der Waals surface area contributed by atoms with Gasteiger partial charge in [0, 0.05) is 5.92 Å². The fraction of sp³-hybridized carbons (Fsp3) is 0.667. The first-order valence-corrected chi connectivity index (χ1v) is 4.82. The fourth-order valence-electron chi connectivity index (χ4n) is 1.19. The summed E-state index contributed by atoms with van der Waals surface area (Å²) in [6, 6.07) is 0. The quantitative estimate of drug-likeness (QED) is 0.676. The maximum atomic E-state index is 5.57. The van der Waals surface area contributed by atoms with Gasteiger partial charge in [0.1, 0.15) is 5.76 Å². The molecule has 0 bridgehead atoms. The molecule has 2 nitrogen and oxygen atoms in total. The van der Waals surface area contributed by atoms with Crippen LogP contribution in [0.2, 0.25) is 0 Å². The van der Waals surface area contributed by atoms with Gasteiger partial charge in [-0.25, -0.2) is 4.98 Å². The standard InChI is InChI=1S/C9H14ClNO/c1-3-4-7(2)8-6-11-9(5-10)12-8/h6-7H,3-5H2,1-2H3. The van der Waals surface area contributed by atoms with Crippen molar-refractivity contribution in [2.24, 2.45) is 0 Å². The van der Waals surface area contributed by atoms with Crippen molar-refractivity contribution in [1.29, 1.82) is 0 Å². The van der Waals surface area contributed by atoms with E-state index in [0.29, 0.717) is 17.7 Å². The van der Waals surface area contributed by atoms with Gasteiger partial charge in [0.15, 0.2) is 0 Å². The molecule has 1 unspecified atom stereocenters. The van der Waals surface area contributed by atoms with Gasteiger partial charge in [0.2, 0.25) is 5.89 Å². The molecule has 1 aromatic rings. The highest BCUT2D eigenvalue weighted by Crippen LogP contribution is 2.21. The van der Waals surface area contributed by atoms with Gasteiger partial charge < -0.3 is 4.42 Å². The Morgan fingerprint density at radius 1 is 1.67 bits per heavy atom. The third-order valence-corrected chi connectivity index (χ3v) is 2.12. The minimum absolute atomic E-state index is 0.360. The normalized spacial score (nSPS) is 13.2. The molecule has 1 rings (SSSR count). The molecule has 12 heavy (non-hydrogen) atoms. The van der Waals surface area contributed by atoms with Crippen LogP contribution in [0.4, 0.5) is 0 Å². The molecule has 0 amide bonds. The topological polar surface area (TPSA) is 26.0 Å². The second-order valence-corrected chi connectivity index (χ2v) is 3.25. The molecule has 68 valence electrons. The summed E-state index contributed by atoms with van der Waals surface area (Å²) >= 11 is 5.57. The van der Waals surface area contributed by atoms with Crippen LogP contribution < -0.4 is 0 Å². The second-order valence-electron chi connectivity index (χ2n) is 2.98. The zero-order chi connectivity index (χ0) is 8.97. The predicted octanol–water partition coefficient (Wildman–Crippen LogP) is 3.32. The first-order chi connectivity index (χ1) is 5.77. The predicted molar refractivity (Wildman–Crippen MR) is 49.4 cm³/mol. The lowest BCUT2D eigenvalue weighted by atomic mass is 10.0. The molecular weight excluding hydrogens is 174 g/mol. The van der Waals surface area contributed by atoms with Gasteiger partial charge in [0.25, 0.3) is 0 Å². The highest BCUT2D eigenvalue weighted by Gasteiger charge is 2.09. The van der Waals surface area contributed by atoms with Crippen molar-refractivity contribution in [2.75, 3.05) is 0 Å². The van der Waals surface area contributed by atoms with E-state index in [4.69, 9.17) is 16.0 Å². The summed E-state index contributed by atoms with van der Waals surface area (Å²) in [6.45, 7) is 4.30. The number of hydrogen-bond donors (Lipinski definition) is 0. The van der Waals surface area contributed by atoms with Crippen molar-refractivity contribution < 1.29 is 4.42 Å². The Hall–Kier alpha value is -0.500. The number of oxazole rings is 1. The highest BCUT2D eigenvalue weighted by molar-refractivity contribution is 6.16. The third-order valence-electron chi connectivity index (χ3n) is 1.89. The summed E-state index contributed by atoms with van der Waals surface area (Å²) < 4.78 is 5.40. The summed E-state index contributed by atoms with van der Waals surface area (Å²) in [7, 11) is 0. The molecule has 0 radical (unpaired) electrons. The second kappa shape index (κ2) is 4.51. The Balaban J connectivity index is 2.61. The van der Waals surface area contributed by atoms with Crippen LogP contribution in [-0.4, -0.2) is 4.98 Å². The van der Waals surface area contributed by atoms with Gasteiger partial charge in [-0.2, -0.15) is 0 Å². The Kier molecular flexibility index (Phi) is 3.60. The van der Waals surface area contributed by atoms with E-state index >= 15 is 0 Å². The summed E-state index contributed by atoms with van der Waals surface area (Å²) in [5.41, 5.74) is 0. The zero-order valence-electron chi connectivity index (χ0n) is 7.51. The number of aromatic nitrogens is 1. The van der Waals surface area contributed by atoms with Crippen LogP contribution in [0.15, 0.2) is 10.6 Å². The lowest BCUT2D eigenvalue weighted by molar-refractivity contribution is 0.432. The van der Waals surface area contributed by atoms with E-state index in [0.717, 1.165) is 18.6 Å². The highest BCUT2D eigenvalue weighted by atomic mass is 35.5. The number of halogens is 1. The van der Waals surface area contributed by atoms with E-state index in [-0.39, 0.29) is 0 Å². The summed E-state index contributed by atoms with van der Waals surface area (Å²) in [5, 5.41) is 0. The van der Waals surface area contributed by atoms with Crippen molar-refractivity contribution in [3.05, 3.63) is 17.8 Å². The monoisotopic (exact) mass is 187 g/mol. The molecule has 0 N–H and O–H groups in total. The van der Waals surface area contributed by atoms with Crippen LogP contribution in [0.25, 0.3) is 0 Å². The average Bonchev–Trinajstić information content (AvgIpc) is 2.52. The first kappa shape index (κ1) is 9.59. The molecule has 1 aromatic heterocycles. The Bertz CT molecular complexity index is 234. The van der Waals surface area contributed by atoms with E-state index < -0.39 is 0 Å². The Morgan fingerprint density at radius 2 is 2.42 bits per heavy atom. The molecule has 0 aliphatic heterocycles. The lowest BCUT2D eigenvalue weighted by Gasteiger charge is -2.03. The van der Waals surface area contributed by atoms with E-state index in [1.165, 1.54) is 0 Å². The van der Waals surface area contributed by atoms with Crippen molar-refractivity contribution in [1.82, 2.24) is 4.98 Å². The van der Waals surface area contributed by atoms with E-state index in [9.17, 15) is 0 Å². The maximum absolute atomic E-state index is 5.57. The van der Waals surface area contributed by atoms with Crippen LogP contribution in [0.1, 0.15) is 44.3 Å². The smallest absolute Gasteiger partial charge is 0.209 e. The SMILES string of the molecule is CCCC(C)c1cnc(CCl)o1. The molecule has 0 saturated carbocycles. The minimum atomic E-state index is 0.360. The third kappa shape index (κ3) is 2.24. The van der Waals surface area contributed by atoms with Crippen LogP contribution >= 0.6 is 11.6 Å². The average molecular weight is 188 g/mol. The van der Waals surface area contributed by atoms with Crippen molar-refractivity contribution in [3.63, 3.8) is 0 Å². The van der Waals surface area contributed by atoms with Crippen molar-refractivity contribution in [3.8, 4) is 0 Å². The minimum Gasteiger partial charge on any atom is -0.444 e. The van der Waals surface area contributed by atoms with Crippen LogP contribution in [-0.2, 0) is 5.88 Å². The van der Waals surface area contributed by atoms with Crippen LogP contribution in [0.3, 0.4) is 0 Å². The molecule has 0 aromatic carbocycles. The van der Waals surface area contributed by atoms with E-state index in [1.54, 1.807) is 6.20 Å². The van der Waals surface area contributed by atoms with Crippen molar-refractivity contribution in [2.45, 2.75) is 38.5 Å². The van der Waals surface area contributed by atoms with Gasteiger partial charge in [0.05, 0.1) is 12.1 Å². The van der Waals surface area contributed by atoms with Gasteiger partial charge >= 0.3 is 0 Å². The molecular formula is C9H14ClNO. The summed E-state index contributed by atoms with van der Waals surface area (Å²) in [6.07, 6.45) is 4.08. The number of nitrogens with zero attached hydrogens (tertiary/aromatic N) is 1. The number of rotatable bonds is 4. The first-order valence-electron chi connectivity index (χ1n) is 4.28. The largest absolute Gasteiger partial charge is 0.444 e. The van der Waals surface area contributed by atoms with Crippen LogP contribution in [0, 0.1) is 0 Å². The van der Waals surface area contributed by atoms with Crippen LogP contribution in [0.5, 0.6) is 0 Å². The molecule has 3 heteroatoms. The molecule has 1 atom stereocenters. The molecule has 0 fully saturated rings. The van der Waals surface area contributed by atoms with Gasteiger partial charge in [-0.05, 0) is 6.42 Å². The number of hydrogen-bond acceptors (Lipinski definition) is 2. The van der Waals surface area contributed by atoms with Crippen molar-refractivity contribution >= 4 is 11.6 Å². The number of alkyl halides is 1. The molecule has 0 aliphatic rings. The van der Waals surface area contributed by atoms with Gasteiger partial charge in [-0.15, -0.1) is 11.6 Å². The molecule has 0 spiro atoms. The Morgan fingerprint density at radius 3 is 2.92 bits per heavy atom. The zero-order valence-corrected chi connectivity index (χ0v) is 8.27.